The van der Waals surface area contributed by atoms with E-state index in [1.54, 1.807) is 12.1 Å². The molecule has 1 aliphatic carbocycles. The number of hydrogen-bond acceptors (Lipinski definition) is 9. The van der Waals surface area contributed by atoms with E-state index >= 15 is 0 Å². The van der Waals surface area contributed by atoms with Gasteiger partial charge in [0.15, 0.2) is 0 Å². The summed E-state index contributed by atoms with van der Waals surface area (Å²) in [6.45, 7) is 22.1. The van der Waals surface area contributed by atoms with Gasteiger partial charge in [-0.3, -0.25) is 29.3 Å². The van der Waals surface area contributed by atoms with Crippen LogP contribution in [0.2, 0.25) is 5.04 Å². The highest BCUT2D eigenvalue weighted by Gasteiger charge is 2.52. The second-order valence-electron chi connectivity index (χ2n) is 22.4. The molecule has 9 rings (SSSR count). The summed E-state index contributed by atoms with van der Waals surface area (Å²) in [5.41, 5.74) is 10.1. The summed E-state index contributed by atoms with van der Waals surface area (Å²) in [5.74, 6) is -0.485. The number of hydrogen-bond donors (Lipinski definition) is 2. The number of nitrogens with zero attached hydrogens (tertiary/aromatic N) is 4. The molecule has 2 unspecified atom stereocenters. The minimum absolute atomic E-state index is 0.112. The number of benzene rings is 3. The zero-order valence-corrected chi connectivity index (χ0v) is 44.5. The maximum absolute atomic E-state index is 15.0. The number of carbonyl (C=O) groups is 3. The molecular weight excluding hydrogens is 905 g/mol. The van der Waals surface area contributed by atoms with E-state index in [0.29, 0.717) is 45.4 Å². The van der Waals surface area contributed by atoms with Crippen LogP contribution in [0.25, 0.3) is 27.7 Å². The van der Waals surface area contributed by atoms with Crippen LogP contribution in [-0.2, 0) is 41.2 Å². The Bertz CT molecular complexity index is 2740. The molecule has 0 spiro atoms. The molecule has 0 radical (unpaired) electrons. The van der Waals surface area contributed by atoms with Crippen LogP contribution in [0, 0.1) is 23.2 Å². The molecule has 71 heavy (non-hydrogen) atoms. The molecule has 13 heteroatoms. The largest absolute Gasteiger partial charge is 0.464 e. The number of aromatic nitrogens is 2. The van der Waals surface area contributed by atoms with Crippen molar-refractivity contribution in [2.45, 2.75) is 117 Å². The zero-order chi connectivity index (χ0) is 50.4. The fourth-order valence-electron chi connectivity index (χ4n) is 11.8. The molecule has 376 valence electrons. The van der Waals surface area contributed by atoms with Gasteiger partial charge in [0.05, 0.1) is 30.2 Å². The van der Waals surface area contributed by atoms with E-state index in [1.807, 2.05) is 19.2 Å². The average molecular weight is 979 g/mol. The van der Waals surface area contributed by atoms with E-state index in [0.717, 1.165) is 44.6 Å². The lowest BCUT2D eigenvalue weighted by atomic mass is 9.84. The first-order chi connectivity index (χ1) is 33.9. The standard InChI is InChI=1S/C58H74N6O6Si/c1-11-63-50-27-26-40-31-46(50)47(53(63)45-24-18-28-59-52(45)39(4)68-10)32-58(8,9)36-69-56(67)48-25-19-29-64(61-48)55(66)49(60-54(65)51-37(2)38(51)3)35-62-33-41(40)30-42(34-62)70-71(57(5,6)7,43-20-14-12-15-21-43)44-22-16-13-17-23-44/h12-18,20-24,26-28,30-31,37-39,42,48-49,51,61H,11,19,25,29,32-36H2,1-10H3,(H,60,65)/t37-,38+,39-,42?,48-,49-,51+/m0/s1. The molecule has 4 aliphatic rings. The van der Waals surface area contributed by atoms with Gasteiger partial charge in [-0.15, -0.1) is 0 Å². The highest BCUT2D eigenvalue weighted by Crippen LogP contribution is 2.46. The van der Waals surface area contributed by atoms with Crippen LogP contribution in [-0.4, -0.2) is 104 Å². The van der Waals surface area contributed by atoms with Crippen molar-refractivity contribution >= 4 is 53.0 Å². The number of pyridine rings is 1. The Morgan fingerprint density at radius 3 is 2.30 bits per heavy atom. The SMILES string of the molecule is CCn1c(-c2cccnc2[C@H](C)OC)c2c3cc(ccc31)C1=CC(O[Si](c3ccccc3)(c3ccccc3)C(C)(C)C)CN(C1)C[C@H](NC(=O)[C@H]1[C@H](C)[C@@H]1C)C(=O)N1CCC[C@H](N1)C(=O)OCC(C)(C)C2. The molecule has 12 nitrogen and oxygen atoms in total. The van der Waals surface area contributed by atoms with Gasteiger partial charge in [-0.25, -0.2) is 5.43 Å². The summed E-state index contributed by atoms with van der Waals surface area (Å²) in [7, 11) is -1.36. The van der Waals surface area contributed by atoms with Crippen LogP contribution in [0.5, 0.6) is 0 Å². The van der Waals surface area contributed by atoms with Crippen LogP contribution in [0.15, 0.2) is 103 Å². The Morgan fingerprint density at radius 1 is 0.972 bits per heavy atom. The summed E-state index contributed by atoms with van der Waals surface area (Å²) in [6.07, 6.45) is 5.25. The molecule has 1 saturated heterocycles. The number of cyclic esters (lactones) is 1. The third kappa shape index (κ3) is 9.92. The Balaban J connectivity index is 1.24. The van der Waals surface area contributed by atoms with E-state index in [2.05, 4.69) is 167 Å². The molecule has 6 bridgehead atoms. The third-order valence-corrected chi connectivity index (χ3v) is 20.9. The lowest BCUT2D eigenvalue weighted by Gasteiger charge is -2.46. The number of amides is 2. The van der Waals surface area contributed by atoms with Crippen molar-refractivity contribution in [2.24, 2.45) is 23.2 Å². The minimum atomic E-state index is -3.08. The van der Waals surface area contributed by atoms with Gasteiger partial charge in [0.2, 0.25) is 5.91 Å². The number of hydrazine groups is 1. The number of ether oxygens (including phenoxy) is 2. The van der Waals surface area contributed by atoms with Gasteiger partial charge >= 0.3 is 5.97 Å². The number of methoxy groups -OCH3 is 1. The molecule has 2 fully saturated rings. The summed E-state index contributed by atoms with van der Waals surface area (Å²) < 4.78 is 22.5. The Hall–Kier alpha value is -5.44. The third-order valence-electron chi connectivity index (χ3n) is 15.8. The topological polar surface area (TPSA) is 127 Å². The summed E-state index contributed by atoms with van der Waals surface area (Å²) in [6, 6.07) is 30.8. The molecule has 1 saturated carbocycles. The van der Waals surface area contributed by atoms with E-state index < -0.39 is 37.9 Å². The van der Waals surface area contributed by atoms with Crippen LogP contribution in [0.1, 0.15) is 98.1 Å². The Morgan fingerprint density at radius 2 is 1.66 bits per heavy atom. The average Bonchev–Trinajstić information content (AvgIpc) is 3.86. The second-order valence-corrected chi connectivity index (χ2v) is 26.6. The molecule has 3 aromatic carbocycles. The Labute approximate surface area is 421 Å². The molecular formula is C58H74N6O6Si. The van der Waals surface area contributed by atoms with Gasteiger partial charge in [0.1, 0.15) is 12.1 Å². The van der Waals surface area contributed by atoms with Gasteiger partial charge in [0.25, 0.3) is 14.2 Å². The molecule has 3 aliphatic heterocycles. The van der Waals surface area contributed by atoms with Crippen LogP contribution in [0.3, 0.4) is 0 Å². The van der Waals surface area contributed by atoms with Crippen LogP contribution < -0.4 is 21.1 Å². The van der Waals surface area contributed by atoms with Gasteiger partial charge in [-0.1, -0.05) is 121 Å². The minimum Gasteiger partial charge on any atom is -0.464 e. The first-order valence-electron chi connectivity index (χ1n) is 25.8. The van der Waals surface area contributed by atoms with E-state index in [1.165, 1.54) is 10.4 Å². The second kappa shape index (κ2) is 20.2. The van der Waals surface area contributed by atoms with Crippen molar-refractivity contribution in [1.82, 2.24) is 30.2 Å². The molecule has 5 aromatic rings. The van der Waals surface area contributed by atoms with Gasteiger partial charge < -0.3 is 23.8 Å². The van der Waals surface area contributed by atoms with E-state index in [9.17, 15) is 14.4 Å². The number of fused-ring (bicyclic) bond motifs is 6. The molecule has 2 N–H and O–H groups in total. The number of nitrogens with one attached hydrogen (secondary N) is 2. The zero-order valence-electron chi connectivity index (χ0n) is 43.5. The Kier molecular flexibility index (Phi) is 14.4. The number of aryl methyl sites for hydroxylation is 1. The summed E-state index contributed by atoms with van der Waals surface area (Å²) in [4.78, 5) is 50.4. The van der Waals surface area contributed by atoms with Gasteiger partial charge in [-0.2, -0.15) is 0 Å². The summed E-state index contributed by atoms with van der Waals surface area (Å²) >= 11 is 0. The normalized spacial score (nSPS) is 25.5. The van der Waals surface area contributed by atoms with Crippen molar-refractivity contribution in [1.29, 1.82) is 0 Å². The maximum Gasteiger partial charge on any atom is 0.324 e. The lowest BCUT2D eigenvalue weighted by molar-refractivity contribution is -0.155. The highest BCUT2D eigenvalue weighted by atomic mass is 28.4. The smallest absolute Gasteiger partial charge is 0.324 e. The number of rotatable bonds is 10. The van der Waals surface area contributed by atoms with E-state index in [4.69, 9.17) is 18.9 Å². The lowest BCUT2D eigenvalue weighted by Crippen LogP contribution is -2.68. The number of esters is 1. The fraction of sp³-hybridized carbons (Fsp3) is 0.483. The van der Waals surface area contributed by atoms with E-state index in [-0.39, 0.29) is 53.9 Å². The first-order valence-corrected chi connectivity index (χ1v) is 27.8. The maximum atomic E-state index is 15.0. The van der Waals surface area contributed by atoms with Gasteiger partial charge in [0, 0.05) is 73.8 Å². The summed E-state index contributed by atoms with van der Waals surface area (Å²) in [5, 5.41) is 8.00. The van der Waals surface area contributed by atoms with Crippen molar-refractivity contribution in [2.75, 3.05) is 39.9 Å². The number of carbonyl (C=O) groups excluding carboxylic acids is 3. The molecule has 2 aromatic heterocycles. The monoisotopic (exact) mass is 979 g/mol. The van der Waals surface area contributed by atoms with Crippen molar-refractivity contribution in [3.8, 4) is 11.3 Å². The van der Waals surface area contributed by atoms with Gasteiger partial charge in [-0.05, 0) is 101 Å². The fourth-order valence-corrected chi connectivity index (χ4v) is 16.4. The van der Waals surface area contributed by atoms with Crippen molar-refractivity contribution < 1.29 is 28.3 Å². The van der Waals surface area contributed by atoms with Crippen LogP contribution in [0.4, 0.5) is 0 Å². The highest BCUT2D eigenvalue weighted by molar-refractivity contribution is 6.99. The first kappa shape index (κ1) is 50.5. The van der Waals surface area contributed by atoms with Crippen molar-refractivity contribution in [3.63, 3.8) is 0 Å². The predicted octanol–water partition coefficient (Wildman–Crippen LogP) is 8.08. The molecule has 5 heterocycles. The molecule has 2 amide bonds. The quantitative estimate of drug-likeness (QED) is 0.106. The van der Waals surface area contributed by atoms with Crippen molar-refractivity contribution in [3.05, 3.63) is 120 Å². The predicted molar refractivity (Wildman–Crippen MR) is 283 cm³/mol. The van der Waals surface area contributed by atoms with Crippen LogP contribution >= 0.6 is 0 Å². The molecule has 8 atom stereocenters.